The maximum absolute atomic E-state index is 13.2. The van der Waals surface area contributed by atoms with Gasteiger partial charge in [-0.3, -0.25) is 9.69 Å². The van der Waals surface area contributed by atoms with Crippen molar-refractivity contribution >= 4 is 28.6 Å². The minimum absolute atomic E-state index is 0.0287. The molecule has 1 aromatic heterocycles. The SMILES string of the molecule is CC(c1cccs1)N(C)CC(=O)Nc1cc(C(F)(F)F)ccc1N1CCOCC1. The number of anilines is 2. The van der Waals surface area contributed by atoms with Crippen LogP contribution in [0.4, 0.5) is 24.5 Å². The zero-order chi connectivity index (χ0) is 21.0. The Hall–Kier alpha value is -2.10. The number of likely N-dealkylation sites (N-methyl/N-ethyl adjacent to an activating group) is 1. The third-order valence-electron chi connectivity index (χ3n) is 4.96. The highest BCUT2D eigenvalue weighted by Gasteiger charge is 2.32. The van der Waals surface area contributed by atoms with E-state index in [-0.39, 0.29) is 24.2 Å². The number of nitrogens with zero attached hydrogens (tertiary/aromatic N) is 2. The minimum atomic E-state index is -4.48. The van der Waals surface area contributed by atoms with Gasteiger partial charge in [0.25, 0.3) is 0 Å². The van der Waals surface area contributed by atoms with Crippen LogP contribution in [0.5, 0.6) is 0 Å². The second-order valence-corrected chi connectivity index (χ2v) is 7.96. The van der Waals surface area contributed by atoms with E-state index in [2.05, 4.69) is 5.32 Å². The third-order valence-corrected chi connectivity index (χ3v) is 6.00. The summed E-state index contributed by atoms with van der Waals surface area (Å²) in [6, 6.07) is 7.44. The lowest BCUT2D eigenvalue weighted by Crippen LogP contribution is -2.37. The van der Waals surface area contributed by atoms with Gasteiger partial charge in [0, 0.05) is 24.0 Å². The van der Waals surface area contributed by atoms with E-state index in [4.69, 9.17) is 4.74 Å². The first-order valence-electron chi connectivity index (χ1n) is 9.33. The summed E-state index contributed by atoms with van der Waals surface area (Å²) in [6.45, 7) is 4.17. The van der Waals surface area contributed by atoms with E-state index >= 15 is 0 Å². The number of alkyl halides is 3. The molecule has 0 bridgehead atoms. The molecule has 1 fully saturated rings. The molecule has 2 heterocycles. The van der Waals surface area contributed by atoms with E-state index in [1.165, 1.54) is 6.07 Å². The molecule has 1 unspecified atom stereocenters. The van der Waals surface area contributed by atoms with E-state index < -0.39 is 11.7 Å². The van der Waals surface area contributed by atoms with Gasteiger partial charge in [-0.05, 0) is 43.6 Å². The van der Waals surface area contributed by atoms with Crippen LogP contribution in [0.2, 0.25) is 0 Å². The van der Waals surface area contributed by atoms with Crippen LogP contribution in [0, 0.1) is 0 Å². The Morgan fingerprint density at radius 2 is 2.03 bits per heavy atom. The Bertz CT molecular complexity index is 821. The van der Waals surface area contributed by atoms with E-state index in [1.54, 1.807) is 11.3 Å². The summed E-state index contributed by atoms with van der Waals surface area (Å²) >= 11 is 1.60. The van der Waals surface area contributed by atoms with Gasteiger partial charge in [0.05, 0.1) is 36.7 Å². The molecule has 1 aliphatic heterocycles. The molecule has 1 saturated heterocycles. The van der Waals surface area contributed by atoms with Crippen LogP contribution in [0.15, 0.2) is 35.7 Å². The van der Waals surface area contributed by atoms with Crippen molar-refractivity contribution in [3.63, 3.8) is 0 Å². The van der Waals surface area contributed by atoms with Crippen LogP contribution in [0.1, 0.15) is 23.4 Å². The van der Waals surface area contributed by atoms with Crippen molar-refractivity contribution in [1.29, 1.82) is 0 Å². The molecule has 3 rings (SSSR count). The standard InChI is InChI=1S/C20H24F3N3O2S/c1-14(18-4-3-11-29-18)25(2)13-19(27)24-16-12-15(20(21,22)23)5-6-17(16)26-7-9-28-10-8-26/h3-6,11-12,14H,7-10,13H2,1-2H3,(H,24,27). The van der Waals surface area contributed by atoms with Gasteiger partial charge in [-0.25, -0.2) is 0 Å². The summed E-state index contributed by atoms with van der Waals surface area (Å²) < 4.78 is 44.9. The molecule has 5 nitrogen and oxygen atoms in total. The van der Waals surface area contributed by atoms with Gasteiger partial charge in [0.15, 0.2) is 0 Å². The average Bonchev–Trinajstić information content (AvgIpc) is 3.22. The maximum atomic E-state index is 13.2. The van der Waals surface area contributed by atoms with Gasteiger partial charge in [-0.2, -0.15) is 13.2 Å². The number of benzene rings is 1. The largest absolute Gasteiger partial charge is 0.416 e. The van der Waals surface area contributed by atoms with E-state index in [1.807, 2.05) is 41.3 Å². The molecule has 0 spiro atoms. The Balaban J connectivity index is 1.77. The first-order valence-corrected chi connectivity index (χ1v) is 10.2. The summed E-state index contributed by atoms with van der Waals surface area (Å²) in [4.78, 5) is 17.5. The van der Waals surface area contributed by atoms with Gasteiger partial charge >= 0.3 is 6.18 Å². The number of thiophene rings is 1. The number of ether oxygens (including phenoxy) is 1. The predicted octanol–water partition coefficient (Wildman–Crippen LogP) is 4.24. The molecule has 0 saturated carbocycles. The molecule has 1 aliphatic rings. The fourth-order valence-electron chi connectivity index (χ4n) is 3.19. The van der Waals surface area contributed by atoms with Gasteiger partial charge in [-0.15, -0.1) is 11.3 Å². The second-order valence-electron chi connectivity index (χ2n) is 6.98. The first kappa shape index (κ1) is 21.6. The quantitative estimate of drug-likeness (QED) is 0.749. The number of hydrogen-bond acceptors (Lipinski definition) is 5. The summed E-state index contributed by atoms with van der Waals surface area (Å²) in [7, 11) is 1.82. The number of hydrogen-bond donors (Lipinski definition) is 1. The lowest BCUT2D eigenvalue weighted by atomic mass is 10.1. The van der Waals surface area contributed by atoms with Gasteiger partial charge in [0.2, 0.25) is 5.91 Å². The molecule has 1 N–H and O–H groups in total. The third kappa shape index (κ3) is 5.49. The number of amides is 1. The number of nitrogens with one attached hydrogen (secondary N) is 1. The van der Waals surface area contributed by atoms with Crippen LogP contribution in [0.25, 0.3) is 0 Å². The minimum Gasteiger partial charge on any atom is -0.378 e. The van der Waals surface area contributed by atoms with Crippen LogP contribution in [-0.4, -0.2) is 50.7 Å². The highest BCUT2D eigenvalue weighted by molar-refractivity contribution is 7.10. The molecule has 29 heavy (non-hydrogen) atoms. The fourth-order valence-corrected chi connectivity index (χ4v) is 4.04. The lowest BCUT2D eigenvalue weighted by molar-refractivity contribution is -0.137. The number of carbonyl (C=O) groups excluding carboxylic acids is 1. The zero-order valence-corrected chi connectivity index (χ0v) is 17.1. The van der Waals surface area contributed by atoms with Crippen molar-refractivity contribution in [3.05, 3.63) is 46.2 Å². The van der Waals surface area contributed by atoms with E-state index in [0.29, 0.717) is 32.0 Å². The number of rotatable bonds is 6. The normalized spacial score (nSPS) is 16.1. The van der Waals surface area contributed by atoms with Gasteiger partial charge in [0.1, 0.15) is 0 Å². The Kier molecular flexibility index (Phi) is 6.81. The predicted molar refractivity (Wildman–Crippen MR) is 108 cm³/mol. The molecular weight excluding hydrogens is 403 g/mol. The van der Waals surface area contributed by atoms with Crippen molar-refractivity contribution in [3.8, 4) is 0 Å². The average molecular weight is 427 g/mol. The molecule has 2 aromatic rings. The highest BCUT2D eigenvalue weighted by Crippen LogP contribution is 2.36. The molecular formula is C20H24F3N3O2S. The van der Waals surface area contributed by atoms with Crippen LogP contribution in [-0.2, 0) is 15.7 Å². The summed E-state index contributed by atoms with van der Waals surface area (Å²) in [5.41, 5.74) is -0.0439. The van der Waals surface area contributed by atoms with Crippen molar-refractivity contribution in [2.24, 2.45) is 0 Å². The monoisotopic (exact) mass is 427 g/mol. The summed E-state index contributed by atoms with van der Waals surface area (Å²) in [5.74, 6) is -0.357. The Morgan fingerprint density at radius 3 is 2.66 bits per heavy atom. The van der Waals surface area contributed by atoms with Crippen molar-refractivity contribution in [2.75, 3.05) is 50.1 Å². The summed E-state index contributed by atoms with van der Waals surface area (Å²) in [6.07, 6.45) is -4.48. The molecule has 0 radical (unpaired) electrons. The van der Waals surface area contributed by atoms with Crippen LogP contribution < -0.4 is 10.2 Å². The molecule has 0 aliphatic carbocycles. The topological polar surface area (TPSA) is 44.8 Å². The van der Waals surface area contributed by atoms with Gasteiger partial charge < -0.3 is 15.0 Å². The maximum Gasteiger partial charge on any atom is 0.416 e. The van der Waals surface area contributed by atoms with Crippen LogP contribution in [0.3, 0.4) is 0 Å². The Morgan fingerprint density at radius 1 is 1.31 bits per heavy atom. The zero-order valence-electron chi connectivity index (χ0n) is 16.3. The Labute approximate surface area is 172 Å². The molecule has 158 valence electrons. The number of carbonyl (C=O) groups is 1. The highest BCUT2D eigenvalue weighted by atomic mass is 32.1. The van der Waals surface area contributed by atoms with E-state index in [0.717, 1.165) is 17.0 Å². The lowest BCUT2D eigenvalue weighted by Gasteiger charge is -2.31. The molecule has 1 atom stereocenters. The second kappa shape index (κ2) is 9.15. The number of morpholine rings is 1. The van der Waals surface area contributed by atoms with E-state index in [9.17, 15) is 18.0 Å². The van der Waals surface area contributed by atoms with Crippen molar-refractivity contribution in [2.45, 2.75) is 19.1 Å². The first-order chi connectivity index (χ1) is 13.8. The smallest absolute Gasteiger partial charge is 0.378 e. The van der Waals surface area contributed by atoms with Crippen LogP contribution >= 0.6 is 11.3 Å². The molecule has 1 amide bonds. The summed E-state index contributed by atoms with van der Waals surface area (Å²) in [5, 5.41) is 4.66. The molecule has 9 heteroatoms. The number of halogens is 3. The fraction of sp³-hybridized carbons (Fsp3) is 0.450. The van der Waals surface area contributed by atoms with Crippen molar-refractivity contribution < 1.29 is 22.7 Å². The van der Waals surface area contributed by atoms with Gasteiger partial charge in [-0.1, -0.05) is 6.07 Å². The molecule has 1 aromatic carbocycles. The van der Waals surface area contributed by atoms with Crippen molar-refractivity contribution in [1.82, 2.24) is 4.90 Å².